The van der Waals surface area contributed by atoms with Crippen molar-refractivity contribution in [3.63, 3.8) is 0 Å². The van der Waals surface area contributed by atoms with Crippen molar-refractivity contribution in [3.8, 4) is 11.3 Å². The topological polar surface area (TPSA) is 34.4 Å². The molecule has 4 heteroatoms. The monoisotopic (exact) mass is 263 g/mol. The van der Waals surface area contributed by atoms with Crippen LogP contribution < -0.4 is 5.48 Å². The smallest absolute Gasteiger partial charge is 0.134 e. The van der Waals surface area contributed by atoms with Crippen LogP contribution in [0.4, 0.5) is 4.39 Å². The molecule has 1 aromatic heterocycles. The minimum Gasteiger partial charge on any atom is -0.460 e. The van der Waals surface area contributed by atoms with E-state index in [1.54, 1.807) is 12.1 Å². The summed E-state index contributed by atoms with van der Waals surface area (Å²) in [5.41, 5.74) is 3.71. The summed E-state index contributed by atoms with van der Waals surface area (Å²) in [6.07, 6.45) is 0. The number of nitrogens with one attached hydrogen (secondary N) is 1. The number of furan rings is 1. The Balaban J connectivity index is 1.90. The molecule has 0 atom stereocenters. The molecule has 2 aromatic rings. The predicted octanol–water partition coefficient (Wildman–Crippen LogP) is 3.76. The van der Waals surface area contributed by atoms with E-state index in [9.17, 15) is 4.39 Å². The lowest BCUT2D eigenvalue weighted by atomic mass is 10.2. The number of benzene rings is 1. The SMILES string of the molecule is CC(C)CONCc1ccc(-c2ccc(F)cc2)o1. The van der Waals surface area contributed by atoms with Gasteiger partial charge in [-0.05, 0) is 42.3 Å². The number of hydrogen-bond donors (Lipinski definition) is 1. The van der Waals surface area contributed by atoms with Crippen molar-refractivity contribution in [1.29, 1.82) is 0 Å². The van der Waals surface area contributed by atoms with Gasteiger partial charge in [-0.25, -0.2) is 4.39 Å². The van der Waals surface area contributed by atoms with Gasteiger partial charge >= 0.3 is 0 Å². The van der Waals surface area contributed by atoms with Gasteiger partial charge < -0.3 is 9.25 Å². The van der Waals surface area contributed by atoms with Crippen molar-refractivity contribution in [1.82, 2.24) is 5.48 Å². The van der Waals surface area contributed by atoms with Crippen molar-refractivity contribution in [3.05, 3.63) is 48.0 Å². The summed E-state index contributed by atoms with van der Waals surface area (Å²) < 4.78 is 18.5. The fourth-order valence-corrected chi connectivity index (χ4v) is 1.59. The maximum Gasteiger partial charge on any atom is 0.134 e. The Morgan fingerprint density at radius 1 is 1.16 bits per heavy atom. The summed E-state index contributed by atoms with van der Waals surface area (Å²) in [5.74, 6) is 1.74. The van der Waals surface area contributed by atoms with Crippen LogP contribution in [0, 0.1) is 11.7 Å². The lowest BCUT2D eigenvalue weighted by Gasteiger charge is -2.06. The first-order chi connectivity index (χ1) is 9.15. The van der Waals surface area contributed by atoms with E-state index in [-0.39, 0.29) is 5.82 Å². The number of rotatable bonds is 6. The Hall–Kier alpha value is -1.65. The molecule has 0 fully saturated rings. The molecular weight excluding hydrogens is 245 g/mol. The molecule has 0 bridgehead atoms. The first-order valence-electron chi connectivity index (χ1n) is 6.34. The van der Waals surface area contributed by atoms with Gasteiger partial charge in [0.15, 0.2) is 0 Å². The third-order valence-corrected chi connectivity index (χ3v) is 2.56. The summed E-state index contributed by atoms with van der Waals surface area (Å²) in [5, 5.41) is 0. The first-order valence-corrected chi connectivity index (χ1v) is 6.34. The maximum absolute atomic E-state index is 12.8. The summed E-state index contributed by atoms with van der Waals surface area (Å²) in [7, 11) is 0. The van der Waals surface area contributed by atoms with E-state index in [4.69, 9.17) is 9.25 Å². The average Bonchev–Trinajstić information content (AvgIpc) is 2.84. The molecule has 0 radical (unpaired) electrons. The van der Waals surface area contributed by atoms with Crippen LogP contribution in [0.25, 0.3) is 11.3 Å². The van der Waals surface area contributed by atoms with E-state index >= 15 is 0 Å². The molecule has 0 spiro atoms. The number of halogens is 1. The van der Waals surface area contributed by atoms with Crippen molar-refractivity contribution in [2.75, 3.05) is 6.61 Å². The second-order valence-corrected chi connectivity index (χ2v) is 4.80. The molecule has 2 rings (SSSR count). The van der Waals surface area contributed by atoms with Crippen LogP contribution in [-0.2, 0) is 11.4 Å². The first kappa shape index (κ1) is 13.8. The Morgan fingerprint density at radius 2 is 1.89 bits per heavy atom. The van der Waals surface area contributed by atoms with E-state index < -0.39 is 0 Å². The molecule has 0 aliphatic rings. The second-order valence-electron chi connectivity index (χ2n) is 4.80. The highest BCUT2D eigenvalue weighted by Gasteiger charge is 2.05. The van der Waals surface area contributed by atoms with Gasteiger partial charge in [0.2, 0.25) is 0 Å². The fourth-order valence-electron chi connectivity index (χ4n) is 1.59. The van der Waals surface area contributed by atoms with Gasteiger partial charge in [0, 0.05) is 5.56 Å². The molecule has 0 aliphatic carbocycles. The molecule has 1 aromatic carbocycles. The Morgan fingerprint density at radius 3 is 2.58 bits per heavy atom. The third kappa shape index (κ3) is 4.19. The normalized spacial score (nSPS) is 11.2. The molecule has 0 aliphatic heterocycles. The minimum absolute atomic E-state index is 0.251. The van der Waals surface area contributed by atoms with Crippen LogP contribution in [0.5, 0.6) is 0 Å². The molecule has 19 heavy (non-hydrogen) atoms. The van der Waals surface area contributed by atoms with Crippen LogP contribution >= 0.6 is 0 Å². The molecule has 3 nitrogen and oxygen atoms in total. The second kappa shape index (κ2) is 6.50. The Bertz CT molecular complexity index is 505. The van der Waals surface area contributed by atoms with Crippen LogP contribution in [0.15, 0.2) is 40.8 Å². The van der Waals surface area contributed by atoms with Gasteiger partial charge in [-0.3, -0.25) is 0 Å². The van der Waals surface area contributed by atoms with Gasteiger partial charge in [0.25, 0.3) is 0 Å². The van der Waals surface area contributed by atoms with Gasteiger partial charge in [0.05, 0.1) is 13.2 Å². The highest BCUT2D eigenvalue weighted by Crippen LogP contribution is 2.22. The lowest BCUT2D eigenvalue weighted by molar-refractivity contribution is 0.0166. The number of hydrogen-bond acceptors (Lipinski definition) is 3. The zero-order chi connectivity index (χ0) is 13.7. The van der Waals surface area contributed by atoms with E-state index in [1.165, 1.54) is 12.1 Å². The molecule has 0 saturated heterocycles. The summed E-state index contributed by atoms with van der Waals surface area (Å²) in [6, 6.07) is 9.97. The van der Waals surface area contributed by atoms with E-state index in [0.29, 0.717) is 19.1 Å². The molecule has 102 valence electrons. The van der Waals surface area contributed by atoms with E-state index in [1.807, 2.05) is 12.1 Å². The van der Waals surface area contributed by atoms with E-state index in [2.05, 4.69) is 19.3 Å². The lowest BCUT2D eigenvalue weighted by Crippen LogP contribution is -2.16. The standard InChI is InChI=1S/C15H18FNO2/c1-11(2)10-18-17-9-14-7-8-15(19-14)12-3-5-13(16)6-4-12/h3-8,11,17H,9-10H2,1-2H3. The van der Waals surface area contributed by atoms with Gasteiger partial charge in [0.1, 0.15) is 17.3 Å². The van der Waals surface area contributed by atoms with Crippen LogP contribution in [0.3, 0.4) is 0 Å². The predicted molar refractivity (Wildman–Crippen MR) is 71.7 cm³/mol. The van der Waals surface area contributed by atoms with Crippen molar-refractivity contribution in [2.45, 2.75) is 20.4 Å². The highest BCUT2D eigenvalue weighted by molar-refractivity contribution is 5.57. The molecular formula is C15H18FNO2. The molecule has 0 saturated carbocycles. The Kier molecular flexibility index (Phi) is 4.71. The largest absolute Gasteiger partial charge is 0.460 e. The van der Waals surface area contributed by atoms with Crippen molar-refractivity contribution < 1.29 is 13.6 Å². The Labute approximate surface area is 112 Å². The fraction of sp³-hybridized carbons (Fsp3) is 0.333. The molecule has 0 unspecified atom stereocenters. The summed E-state index contributed by atoms with van der Waals surface area (Å²) in [4.78, 5) is 5.27. The van der Waals surface area contributed by atoms with Crippen LogP contribution in [0.1, 0.15) is 19.6 Å². The van der Waals surface area contributed by atoms with Crippen molar-refractivity contribution in [2.24, 2.45) is 5.92 Å². The minimum atomic E-state index is -0.251. The molecule has 1 N–H and O–H groups in total. The average molecular weight is 263 g/mol. The van der Waals surface area contributed by atoms with Crippen LogP contribution in [-0.4, -0.2) is 6.61 Å². The zero-order valence-electron chi connectivity index (χ0n) is 11.2. The quantitative estimate of drug-likeness (QED) is 0.636. The van der Waals surface area contributed by atoms with Gasteiger partial charge in [-0.2, -0.15) is 5.48 Å². The van der Waals surface area contributed by atoms with Gasteiger partial charge in [-0.15, -0.1) is 0 Å². The number of hydroxylamine groups is 1. The molecule has 0 amide bonds. The van der Waals surface area contributed by atoms with Crippen LogP contribution in [0.2, 0.25) is 0 Å². The zero-order valence-corrected chi connectivity index (χ0v) is 11.2. The van der Waals surface area contributed by atoms with Gasteiger partial charge in [-0.1, -0.05) is 13.8 Å². The third-order valence-electron chi connectivity index (χ3n) is 2.56. The van der Waals surface area contributed by atoms with Crippen molar-refractivity contribution >= 4 is 0 Å². The van der Waals surface area contributed by atoms with E-state index in [0.717, 1.165) is 17.1 Å². The summed E-state index contributed by atoms with van der Waals surface area (Å²) >= 11 is 0. The summed E-state index contributed by atoms with van der Waals surface area (Å²) in [6.45, 7) is 5.34. The maximum atomic E-state index is 12.8. The highest BCUT2D eigenvalue weighted by atomic mass is 19.1. The molecule has 1 heterocycles.